The van der Waals surface area contributed by atoms with E-state index in [-0.39, 0.29) is 5.54 Å². The first-order chi connectivity index (χ1) is 9.72. The molecular formula is C16H24N2OS. The van der Waals surface area contributed by atoms with Crippen molar-refractivity contribution < 1.29 is 0 Å². The van der Waals surface area contributed by atoms with Gasteiger partial charge in [-0.05, 0) is 57.0 Å². The Kier molecular flexibility index (Phi) is 6.05. The molecule has 3 nitrogen and oxygen atoms in total. The summed E-state index contributed by atoms with van der Waals surface area (Å²) in [5.41, 5.74) is -0.306. The Morgan fingerprint density at radius 3 is 2.55 bits per heavy atom. The van der Waals surface area contributed by atoms with E-state index in [0.717, 1.165) is 32.5 Å². The van der Waals surface area contributed by atoms with Crippen LogP contribution in [-0.2, 0) is 0 Å². The third kappa shape index (κ3) is 4.91. The van der Waals surface area contributed by atoms with Gasteiger partial charge in [0.15, 0.2) is 0 Å². The lowest BCUT2D eigenvalue weighted by Gasteiger charge is -2.34. The van der Waals surface area contributed by atoms with Crippen LogP contribution in [0.15, 0.2) is 40.4 Å². The number of thioether (sulfide) groups is 1. The van der Waals surface area contributed by atoms with Crippen LogP contribution in [0, 0.1) is 4.91 Å². The number of hydrogen-bond acceptors (Lipinski definition) is 4. The van der Waals surface area contributed by atoms with Crippen molar-refractivity contribution in [1.29, 1.82) is 0 Å². The Balaban J connectivity index is 1.55. The summed E-state index contributed by atoms with van der Waals surface area (Å²) >= 11 is 1.94. The molecule has 1 aliphatic rings. The largest absolute Gasteiger partial charge is 0.303 e. The monoisotopic (exact) mass is 292 g/mol. The fraction of sp³-hybridized carbons (Fsp3) is 0.625. The van der Waals surface area contributed by atoms with Crippen LogP contribution in [0.25, 0.3) is 0 Å². The molecule has 0 saturated carbocycles. The summed E-state index contributed by atoms with van der Waals surface area (Å²) in [6, 6.07) is 10.6. The van der Waals surface area contributed by atoms with Crippen LogP contribution in [0.5, 0.6) is 0 Å². The van der Waals surface area contributed by atoms with E-state index in [0.29, 0.717) is 0 Å². The maximum atomic E-state index is 10.8. The van der Waals surface area contributed by atoms with Gasteiger partial charge in [-0.1, -0.05) is 23.4 Å². The van der Waals surface area contributed by atoms with E-state index in [1.54, 1.807) is 0 Å². The van der Waals surface area contributed by atoms with Gasteiger partial charge in [-0.25, -0.2) is 0 Å². The van der Waals surface area contributed by atoms with Crippen LogP contribution in [0.2, 0.25) is 0 Å². The van der Waals surface area contributed by atoms with Crippen LogP contribution in [0.3, 0.4) is 0 Å². The lowest BCUT2D eigenvalue weighted by molar-refractivity contribution is 0.170. The van der Waals surface area contributed by atoms with Crippen LogP contribution < -0.4 is 0 Å². The number of nitroso groups, excluding NO2 is 1. The molecule has 0 N–H and O–H groups in total. The molecule has 2 rings (SSSR count). The predicted molar refractivity (Wildman–Crippen MR) is 86.3 cm³/mol. The van der Waals surface area contributed by atoms with E-state index in [4.69, 9.17) is 0 Å². The van der Waals surface area contributed by atoms with Gasteiger partial charge in [-0.2, -0.15) is 4.91 Å². The molecular weight excluding hydrogens is 268 g/mol. The van der Waals surface area contributed by atoms with Crippen LogP contribution in [0.4, 0.5) is 0 Å². The molecule has 4 heteroatoms. The highest BCUT2D eigenvalue weighted by atomic mass is 32.2. The summed E-state index contributed by atoms with van der Waals surface area (Å²) in [5.74, 6) is 1.19. The molecule has 20 heavy (non-hydrogen) atoms. The quantitative estimate of drug-likeness (QED) is 0.429. The van der Waals surface area contributed by atoms with Gasteiger partial charge in [0.2, 0.25) is 0 Å². The first-order valence-electron chi connectivity index (χ1n) is 7.47. The lowest BCUT2D eigenvalue weighted by Crippen LogP contribution is -2.41. The van der Waals surface area contributed by atoms with E-state index in [1.807, 2.05) is 18.7 Å². The highest BCUT2D eigenvalue weighted by Gasteiger charge is 2.30. The molecule has 1 fully saturated rings. The van der Waals surface area contributed by atoms with Crippen molar-refractivity contribution in [3.05, 3.63) is 35.2 Å². The molecule has 0 amide bonds. The Morgan fingerprint density at radius 2 is 1.90 bits per heavy atom. The molecule has 0 aromatic heterocycles. The van der Waals surface area contributed by atoms with Crippen LogP contribution in [-0.4, -0.2) is 35.8 Å². The number of unbranched alkanes of at least 4 members (excludes halogenated alkanes) is 1. The minimum absolute atomic E-state index is 0.306. The summed E-state index contributed by atoms with van der Waals surface area (Å²) in [6.45, 7) is 5.18. The zero-order chi connectivity index (χ0) is 14.3. The van der Waals surface area contributed by atoms with E-state index in [9.17, 15) is 4.91 Å². The van der Waals surface area contributed by atoms with Crippen LogP contribution in [0.1, 0.15) is 32.6 Å². The SMILES string of the molecule is CC1(N=O)CCN(CCCCSc2ccccc2)CC1. The molecule has 0 unspecified atom stereocenters. The molecule has 1 aromatic carbocycles. The van der Waals surface area contributed by atoms with Gasteiger partial charge in [0.1, 0.15) is 5.54 Å². The van der Waals surface area contributed by atoms with Gasteiger partial charge in [0, 0.05) is 18.0 Å². The van der Waals surface area contributed by atoms with Gasteiger partial charge in [-0.15, -0.1) is 11.8 Å². The topological polar surface area (TPSA) is 32.7 Å². The second-order valence-electron chi connectivity index (χ2n) is 5.80. The van der Waals surface area contributed by atoms with Crippen molar-refractivity contribution in [2.75, 3.05) is 25.4 Å². The smallest absolute Gasteiger partial charge is 0.102 e. The maximum Gasteiger partial charge on any atom is 0.102 e. The molecule has 0 radical (unpaired) electrons. The Morgan fingerprint density at radius 1 is 1.20 bits per heavy atom. The second-order valence-corrected chi connectivity index (χ2v) is 6.97. The van der Waals surface area contributed by atoms with Gasteiger partial charge in [0.05, 0.1) is 0 Å². The van der Waals surface area contributed by atoms with Crippen molar-refractivity contribution in [1.82, 2.24) is 4.90 Å². The minimum atomic E-state index is -0.306. The minimum Gasteiger partial charge on any atom is -0.303 e. The van der Waals surface area contributed by atoms with Gasteiger partial charge in [-0.3, -0.25) is 0 Å². The fourth-order valence-electron chi connectivity index (χ4n) is 2.49. The Hall–Kier alpha value is -0.870. The number of benzene rings is 1. The lowest BCUT2D eigenvalue weighted by atomic mass is 9.91. The molecule has 110 valence electrons. The average Bonchev–Trinajstić information content (AvgIpc) is 2.50. The number of nitrogens with zero attached hydrogens (tertiary/aromatic N) is 2. The normalized spacial score (nSPS) is 18.9. The van der Waals surface area contributed by atoms with Crippen LogP contribution >= 0.6 is 11.8 Å². The number of rotatable bonds is 7. The van der Waals surface area contributed by atoms with Crippen molar-refractivity contribution in [2.24, 2.45) is 5.18 Å². The summed E-state index contributed by atoms with van der Waals surface area (Å²) in [5, 5.41) is 3.28. The zero-order valence-corrected chi connectivity index (χ0v) is 13.1. The molecule has 1 aromatic rings. The standard InChI is InChI=1S/C16H24N2OS/c1-16(17-19)9-12-18(13-10-16)11-5-6-14-20-15-7-3-2-4-8-15/h2-4,7-8H,5-6,9-14H2,1H3. The van der Waals surface area contributed by atoms with Crippen molar-refractivity contribution in [3.8, 4) is 0 Å². The van der Waals surface area contributed by atoms with E-state index in [1.165, 1.54) is 23.5 Å². The summed E-state index contributed by atoms with van der Waals surface area (Å²) in [6.07, 6.45) is 4.31. The summed E-state index contributed by atoms with van der Waals surface area (Å²) in [7, 11) is 0. The number of piperidine rings is 1. The van der Waals surface area contributed by atoms with E-state index >= 15 is 0 Å². The van der Waals surface area contributed by atoms with Crippen molar-refractivity contribution >= 4 is 11.8 Å². The Bertz CT molecular complexity index is 402. The van der Waals surface area contributed by atoms with Crippen molar-refractivity contribution in [3.63, 3.8) is 0 Å². The average molecular weight is 292 g/mol. The third-order valence-electron chi connectivity index (χ3n) is 4.03. The summed E-state index contributed by atoms with van der Waals surface area (Å²) in [4.78, 5) is 14.6. The Labute approximate surface area is 126 Å². The first kappa shape index (κ1) is 15.5. The predicted octanol–water partition coefficient (Wildman–Crippen LogP) is 4.18. The van der Waals surface area contributed by atoms with E-state index in [2.05, 4.69) is 40.4 Å². The van der Waals surface area contributed by atoms with Gasteiger partial charge >= 0.3 is 0 Å². The molecule has 0 bridgehead atoms. The number of hydrogen-bond donors (Lipinski definition) is 0. The van der Waals surface area contributed by atoms with Gasteiger partial charge < -0.3 is 4.90 Å². The molecule has 1 aliphatic heterocycles. The molecule has 0 aliphatic carbocycles. The maximum absolute atomic E-state index is 10.8. The molecule has 0 atom stereocenters. The fourth-order valence-corrected chi connectivity index (χ4v) is 3.43. The number of likely N-dealkylation sites (tertiary alicyclic amines) is 1. The third-order valence-corrected chi connectivity index (χ3v) is 5.13. The van der Waals surface area contributed by atoms with Crippen molar-refractivity contribution in [2.45, 2.75) is 43.0 Å². The summed E-state index contributed by atoms with van der Waals surface area (Å²) < 4.78 is 0. The molecule has 1 heterocycles. The van der Waals surface area contributed by atoms with Gasteiger partial charge in [0.25, 0.3) is 0 Å². The van der Waals surface area contributed by atoms with E-state index < -0.39 is 0 Å². The zero-order valence-electron chi connectivity index (χ0n) is 12.3. The second kappa shape index (κ2) is 7.79. The highest BCUT2D eigenvalue weighted by Crippen LogP contribution is 2.25. The first-order valence-corrected chi connectivity index (χ1v) is 8.45. The molecule has 1 saturated heterocycles. The molecule has 0 spiro atoms. The highest BCUT2D eigenvalue weighted by molar-refractivity contribution is 7.99.